The van der Waals surface area contributed by atoms with E-state index in [4.69, 9.17) is 20.6 Å². The maximum Gasteiger partial charge on any atom is 0.255 e. The van der Waals surface area contributed by atoms with E-state index in [1.165, 1.54) is 33.7 Å². The van der Waals surface area contributed by atoms with Crippen LogP contribution in [0.25, 0.3) is 0 Å². The van der Waals surface area contributed by atoms with Gasteiger partial charge in [0.15, 0.2) is 17.3 Å². The molecule has 0 saturated carbocycles. The zero-order valence-corrected chi connectivity index (χ0v) is 19.4. The van der Waals surface area contributed by atoms with Crippen molar-refractivity contribution >= 4 is 23.4 Å². The highest BCUT2D eigenvalue weighted by Gasteiger charge is 2.16. The van der Waals surface area contributed by atoms with Gasteiger partial charge in [0.25, 0.3) is 5.56 Å². The minimum atomic E-state index is -0.211. The third-order valence-electron chi connectivity index (χ3n) is 4.59. The lowest BCUT2D eigenvalue weighted by Gasteiger charge is -2.24. The quantitative estimate of drug-likeness (QED) is 0.192. The van der Waals surface area contributed by atoms with Crippen LogP contribution in [0.1, 0.15) is 18.9 Å². The van der Waals surface area contributed by atoms with E-state index in [1.54, 1.807) is 31.8 Å². The van der Waals surface area contributed by atoms with Crippen LogP contribution in [0.3, 0.4) is 0 Å². The number of nitrogens with one attached hydrogen (secondary N) is 2. The molecular formula is C22H30N6O3S. The van der Waals surface area contributed by atoms with E-state index >= 15 is 0 Å². The minimum absolute atomic E-state index is 0.0719. The molecule has 0 saturated heterocycles. The lowest BCUT2D eigenvalue weighted by atomic mass is 10.1. The van der Waals surface area contributed by atoms with Crippen LogP contribution in [0, 0.1) is 5.41 Å². The monoisotopic (exact) mass is 458 g/mol. The lowest BCUT2D eigenvalue weighted by Crippen LogP contribution is -2.47. The summed E-state index contributed by atoms with van der Waals surface area (Å²) in [5, 5.41) is 11.7. The van der Waals surface area contributed by atoms with Crippen LogP contribution in [0.15, 0.2) is 58.4 Å². The highest BCUT2D eigenvalue weighted by molar-refractivity contribution is 8.05. The first kappa shape index (κ1) is 25.2. The smallest absolute Gasteiger partial charge is 0.255 e. The van der Waals surface area contributed by atoms with Crippen molar-refractivity contribution in [2.45, 2.75) is 26.3 Å². The number of aromatic nitrogens is 2. The van der Waals surface area contributed by atoms with Crippen molar-refractivity contribution in [3.05, 3.63) is 69.5 Å². The maximum absolute atomic E-state index is 12.6. The van der Waals surface area contributed by atoms with Gasteiger partial charge in [0, 0.05) is 19.0 Å². The number of hydrogen-bond acceptors (Lipinski definition) is 8. The summed E-state index contributed by atoms with van der Waals surface area (Å²) in [6.45, 7) is 6.25. The Hall–Kier alpha value is -3.08. The van der Waals surface area contributed by atoms with Crippen LogP contribution in [0.4, 0.5) is 5.82 Å². The number of benzene rings is 1. The molecule has 0 aliphatic carbocycles. The van der Waals surface area contributed by atoms with Crippen LogP contribution < -0.4 is 31.2 Å². The number of aryl methyl sites for hydroxylation is 1. The van der Waals surface area contributed by atoms with Gasteiger partial charge < -0.3 is 15.2 Å². The van der Waals surface area contributed by atoms with E-state index in [2.05, 4.69) is 17.0 Å². The fourth-order valence-corrected chi connectivity index (χ4v) is 3.54. The summed E-state index contributed by atoms with van der Waals surface area (Å²) in [4.78, 5) is 18.1. The second-order valence-corrected chi connectivity index (χ2v) is 7.67. The molecule has 32 heavy (non-hydrogen) atoms. The number of allylic oxidation sites excluding steroid dienone is 2. The molecule has 1 aromatic carbocycles. The summed E-state index contributed by atoms with van der Waals surface area (Å²) < 4.78 is 12.1. The van der Waals surface area contributed by atoms with Crippen molar-refractivity contribution in [1.82, 2.24) is 15.0 Å². The normalized spacial score (nSPS) is 11.2. The molecule has 10 heteroatoms. The number of nitrogens with two attached hydrogens (primary N) is 1. The van der Waals surface area contributed by atoms with Gasteiger partial charge in [-0.1, -0.05) is 18.7 Å². The van der Waals surface area contributed by atoms with Gasteiger partial charge in [-0.15, -0.1) is 11.8 Å². The van der Waals surface area contributed by atoms with E-state index in [1.807, 2.05) is 19.1 Å². The number of nitrogens with zero attached hydrogens (tertiary/aromatic N) is 3. The van der Waals surface area contributed by atoms with Gasteiger partial charge >= 0.3 is 0 Å². The van der Waals surface area contributed by atoms with Crippen molar-refractivity contribution in [3.63, 3.8) is 0 Å². The van der Waals surface area contributed by atoms with Crippen LogP contribution in [-0.2, 0) is 13.0 Å². The van der Waals surface area contributed by atoms with Crippen LogP contribution >= 0.6 is 11.8 Å². The number of hydrogen-bond donors (Lipinski definition) is 3. The summed E-state index contributed by atoms with van der Waals surface area (Å²) in [6.07, 6.45) is 4.45. The summed E-state index contributed by atoms with van der Waals surface area (Å²) in [5.41, 5.74) is 9.18. The standard InChI is InChI=1S/C22H30N6O3S/c1-5-17(32-6-2)9-10-27-15-25-21(13-22(27)29)28(26-14-23)20(24)12-16-7-8-18(30-3)19(11-16)31-4/h5-8,11,13,15,24,26H,2,9-10,12,14,23H2,1,3-4H3/b17-5-,24-20?. The van der Waals surface area contributed by atoms with Gasteiger partial charge in [0.2, 0.25) is 0 Å². The number of amidine groups is 1. The number of ether oxygens (including phenoxy) is 2. The van der Waals surface area contributed by atoms with Gasteiger partial charge in [0.05, 0.1) is 27.2 Å². The maximum atomic E-state index is 12.6. The largest absolute Gasteiger partial charge is 0.493 e. The molecular weight excluding hydrogens is 428 g/mol. The minimum Gasteiger partial charge on any atom is -0.493 e. The van der Waals surface area contributed by atoms with Crippen LogP contribution in [0.2, 0.25) is 0 Å². The van der Waals surface area contributed by atoms with Crippen molar-refractivity contribution < 1.29 is 9.47 Å². The van der Waals surface area contributed by atoms with E-state index in [9.17, 15) is 4.79 Å². The fraction of sp³-hybridized carbons (Fsp3) is 0.318. The summed E-state index contributed by atoms with van der Waals surface area (Å²) in [5.74, 6) is 1.66. The molecule has 0 spiro atoms. The summed E-state index contributed by atoms with van der Waals surface area (Å²) in [6, 6.07) is 6.83. The second-order valence-electron chi connectivity index (χ2n) is 6.58. The topological polar surface area (TPSA) is 118 Å². The molecule has 1 aromatic heterocycles. The average molecular weight is 459 g/mol. The van der Waals surface area contributed by atoms with Gasteiger partial charge in [-0.3, -0.25) is 14.8 Å². The molecule has 0 aliphatic heterocycles. The molecule has 0 aliphatic rings. The molecule has 4 N–H and O–H groups in total. The number of hydrazine groups is 1. The predicted molar refractivity (Wildman–Crippen MR) is 130 cm³/mol. The zero-order valence-electron chi connectivity index (χ0n) is 18.6. The molecule has 0 fully saturated rings. The number of thioether (sulfide) groups is 1. The molecule has 1 heterocycles. The zero-order chi connectivity index (χ0) is 23.5. The molecule has 9 nitrogen and oxygen atoms in total. The molecule has 0 amide bonds. The van der Waals surface area contributed by atoms with E-state index in [0.717, 1.165) is 10.5 Å². The Labute approximate surface area is 192 Å². The third kappa shape index (κ3) is 6.71. The fourth-order valence-electron chi connectivity index (χ4n) is 2.98. The van der Waals surface area contributed by atoms with Gasteiger partial charge in [-0.2, -0.15) is 0 Å². The molecule has 0 unspecified atom stereocenters. The van der Waals surface area contributed by atoms with Crippen LogP contribution in [0.5, 0.6) is 11.5 Å². The number of anilines is 1. The van der Waals surface area contributed by atoms with Gasteiger partial charge in [0.1, 0.15) is 5.84 Å². The third-order valence-corrected chi connectivity index (χ3v) is 5.50. The summed E-state index contributed by atoms with van der Waals surface area (Å²) in [7, 11) is 3.13. The molecule has 0 bridgehead atoms. The Morgan fingerprint density at radius 2 is 2.09 bits per heavy atom. The first-order valence-corrected chi connectivity index (χ1v) is 10.9. The molecule has 0 atom stereocenters. The highest BCUT2D eigenvalue weighted by atomic mass is 32.2. The number of rotatable bonds is 12. The Morgan fingerprint density at radius 3 is 2.69 bits per heavy atom. The average Bonchev–Trinajstić information content (AvgIpc) is 2.80. The molecule has 2 aromatic rings. The first-order valence-electron chi connectivity index (χ1n) is 9.98. The van der Waals surface area contributed by atoms with Crippen molar-refractivity contribution in [2.75, 3.05) is 25.9 Å². The van der Waals surface area contributed by atoms with Crippen molar-refractivity contribution in [2.24, 2.45) is 5.73 Å². The van der Waals surface area contributed by atoms with E-state index in [0.29, 0.717) is 30.3 Å². The molecule has 2 rings (SSSR count). The number of methoxy groups -OCH3 is 2. The van der Waals surface area contributed by atoms with Crippen molar-refractivity contribution in [1.29, 1.82) is 5.41 Å². The lowest BCUT2D eigenvalue weighted by molar-refractivity contribution is 0.354. The predicted octanol–water partition coefficient (Wildman–Crippen LogP) is 2.88. The van der Waals surface area contributed by atoms with E-state index < -0.39 is 0 Å². The Balaban J connectivity index is 2.19. The van der Waals surface area contributed by atoms with E-state index in [-0.39, 0.29) is 24.5 Å². The van der Waals surface area contributed by atoms with Gasteiger partial charge in [-0.05, 0) is 41.4 Å². The molecule has 0 radical (unpaired) electrons. The Morgan fingerprint density at radius 1 is 1.34 bits per heavy atom. The second kappa shape index (κ2) is 12.7. The van der Waals surface area contributed by atoms with Crippen LogP contribution in [-0.4, -0.2) is 36.3 Å². The molecule has 172 valence electrons. The summed E-state index contributed by atoms with van der Waals surface area (Å²) >= 11 is 1.54. The first-order chi connectivity index (χ1) is 15.5. The Bertz CT molecular complexity index is 1020. The highest BCUT2D eigenvalue weighted by Crippen LogP contribution is 2.28. The Kier molecular flexibility index (Phi) is 9.99. The van der Waals surface area contributed by atoms with Crippen molar-refractivity contribution in [3.8, 4) is 11.5 Å². The SMILES string of the molecule is C=CS/C(=C\C)CCn1cnc(N(NCN)C(=N)Cc2ccc(OC)c(OC)c2)cc1=O. The van der Waals surface area contributed by atoms with Gasteiger partial charge in [-0.25, -0.2) is 15.4 Å².